The zero-order valence-corrected chi connectivity index (χ0v) is 14.4. The lowest BCUT2D eigenvalue weighted by atomic mass is 9.81. The Hall–Kier alpha value is -3.54. The van der Waals surface area contributed by atoms with Crippen molar-refractivity contribution < 1.29 is 24.3 Å². The summed E-state index contributed by atoms with van der Waals surface area (Å²) in [5.41, 5.74) is 5.50. The Kier molecular flexibility index (Phi) is 5.16. The molecule has 1 atom stereocenters. The number of nitriles is 1. The zero-order chi connectivity index (χ0) is 19.6. The van der Waals surface area contributed by atoms with Crippen LogP contribution in [0.15, 0.2) is 34.9 Å². The number of rotatable bonds is 4. The molecule has 0 aliphatic carbocycles. The van der Waals surface area contributed by atoms with Crippen LogP contribution in [0, 0.1) is 28.4 Å². The number of ether oxygens (including phenoxy) is 2. The standard InChI is InChI=1S/C17H17N3O6/c1-4-25-17(22)13-9(3)26-16(19)12(7-18)14(13)11-6-10(20(23)24)5-8(2)15(11)21/h5-6,14,21H,4,19H2,1-3H3. The molecular formula is C17H17N3O6. The molecule has 0 bridgehead atoms. The van der Waals surface area contributed by atoms with Crippen LogP contribution in [0.5, 0.6) is 5.75 Å². The molecule has 1 unspecified atom stereocenters. The molecule has 0 fully saturated rings. The molecule has 0 radical (unpaired) electrons. The van der Waals surface area contributed by atoms with Gasteiger partial charge in [-0.3, -0.25) is 10.1 Å². The van der Waals surface area contributed by atoms with Gasteiger partial charge in [-0.2, -0.15) is 5.26 Å². The van der Waals surface area contributed by atoms with E-state index >= 15 is 0 Å². The van der Waals surface area contributed by atoms with Crippen LogP contribution in [-0.4, -0.2) is 22.6 Å². The van der Waals surface area contributed by atoms with Crippen LogP contribution in [-0.2, 0) is 14.3 Å². The van der Waals surface area contributed by atoms with Gasteiger partial charge in [0.2, 0.25) is 5.88 Å². The molecule has 0 amide bonds. The first-order chi connectivity index (χ1) is 12.2. The monoisotopic (exact) mass is 359 g/mol. The van der Waals surface area contributed by atoms with E-state index in [-0.39, 0.29) is 52.0 Å². The summed E-state index contributed by atoms with van der Waals surface area (Å²) in [6.07, 6.45) is 0. The second kappa shape index (κ2) is 7.14. The zero-order valence-electron chi connectivity index (χ0n) is 14.4. The van der Waals surface area contributed by atoms with Crippen molar-refractivity contribution in [2.75, 3.05) is 6.61 Å². The largest absolute Gasteiger partial charge is 0.507 e. The molecule has 0 saturated heterocycles. The molecule has 2 rings (SSSR count). The lowest BCUT2D eigenvalue weighted by Crippen LogP contribution is -2.25. The van der Waals surface area contributed by atoms with Crippen molar-refractivity contribution in [1.29, 1.82) is 5.26 Å². The van der Waals surface area contributed by atoms with E-state index in [0.717, 1.165) is 6.07 Å². The highest BCUT2D eigenvalue weighted by Gasteiger charge is 2.38. The third-order valence-electron chi connectivity index (χ3n) is 3.94. The maximum absolute atomic E-state index is 12.4. The van der Waals surface area contributed by atoms with Crippen LogP contribution < -0.4 is 5.73 Å². The van der Waals surface area contributed by atoms with Crippen LogP contribution in [0.1, 0.15) is 30.9 Å². The van der Waals surface area contributed by atoms with E-state index in [1.807, 2.05) is 6.07 Å². The molecule has 1 aliphatic rings. The summed E-state index contributed by atoms with van der Waals surface area (Å²) < 4.78 is 10.3. The molecule has 9 nitrogen and oxygen atoms in total. The van der Waals surface area contributed by atoms with Gasteiger partial charge in [-0.15, -0.1) is 0 Å². The number of esters is 1. The summed E-state index contributed by atoms with van der Waals surface area (Å²) in [6.45, 7) is 4.62. The average Bonchev–Trinajstić information content (AvgIpc) is 2.56. The van der Waals surface area contributed by atoms with Crippen LogP contribution >= 0.6 is 0 Å². The maximum atomic E-state index is 12.4. The van der Waals surface area contributed by atoms with Crippen molar-refractivity contribution in [2.45, 2.75) is 26.7 Å². The highest BCUT2D eigenvalue weighted by molar-refractivity contribution is 5.93. The highest BCUT2D eigenvalue weighted by Crippen LogP contribution is 2.44. The van der Waals surface area contributed by atoms with Gasteiger partial charge in [0.05, 0.1) is 23.0 Å². The van der Waals surface area contributed by atoms with Crippen molar-refractivity contribution >= 4 is 11.7 Å². The lowest BCUT2D eigenvalue weighted by molar-refractivity contribution is -0.385. The Morgan fingerprint density at radius 2 is 2.15 bits per heavy atom. The number of aryl methyl sites for hydroxylation is 1. The summed E-state index contributed by atoms with van der Waals surface area (Å²) in [6, 6.07) is 4.15. The molecular weight excluding hydrogens is 342 g/mol. The molecule has 1 aromatic carbocycles. The third kappa shape index (κ3) is 3.17. The topological polar surface area (TPSA) is 149 Å². The number of hydrogen-bond donors (Lipinski definition) is 2. The predicted octanol–water partition coefficient (Wildman–Crippen LogP) is 2.25. The predicted molar refractivity (Wildman–Crippen MR) is 89.5 cm³/mol. The highest BCUT2D eigenvalue weighted by atomic mass is 16.6. The Balaban J connectivity index is 2.80. The fourth-order valence-electron chi connectivity index (χ4n) is 2.78. The number of nitrogens with zero attached hydrogens (tertiary/aromatic N) is 2. The van der Waals surface area contributed by atoms with E-state index in [1.165, 1.54) is 19.9 Å². The summed E-state index contributed by atoms with van der Waals surface area (Å²) in [5.74, 6) is -2.34. The number of benzene rings is 1. The number of aromatic hydroxyl groups is 1. The number of allylic oxidation sites excluding steroid dienone is 2. The van der Waals surface area contributed by atoms with Gasteiger partial charge < -0.3 is 20.3 Å². The van der Waals surface area contributed by atoms with E-state index in [9.17, 15) is 25.3 Å². The van der Waals surface area contributed by atoms with Crippen LogP contribution in [0.2, 0.25) is 0 Å². The van der Waals surface area contributed by atoms with Gasteiger partial charge in [0, 0.05) is 17.7 Å². The van der Waals surface area contributed by atoms with E-state index < -0.39 is 16.8 Å². The van der Waals surface area contributed by atoms with E-state index in [1.54, 1.807) is 6.92 Å². The molecule has 26 heavy (non-hydrogen) atoms. The number of hydrogen-bond acceptors (Lipinski definition) is 8. The molecule has 1 aromatic rings. The van der Waals surface area contributed by atoms with Gasteiger partial charge in [0.25, 0.3) is 5.69 Å². The van der Waals surface area contributed by atoms with Crippen LogP contribution in [0.3, 0.4) is 0 Å². The van der Waals surface area contributed by atoms with Crippen molar-refractivity contribution in [2.24, 2.45) is 5.73 Å². The second-order valence-corrected chi connectivity index (χ2v) is 5.57. The van der Waals surface area contributed by atoms with Gasteiger partial charge in [-0.25, -0.2) is 4.79 Å². The lowest BCUT2D eigenvalue weighted by Gasteiger charge is -2.27. The van der Waals surface area contributed by atoms with Crippen molar-refractivity contribution in [1.82, 2.24) is 0 Å². The molecule has 0 spiro atoms. The first-order valence-corrected chi connectivity index (χ1v) is 7.66. The minimum atomic E-state index is -1.15. The summed E-state index contributed by atoms with van der Waals surface area (Å²) >= 11 is 0. The number of phenols is 1. The number of carbonyl (C=O) groups excluding carboxylic acids is 1. The van der Waals surface area contributed by atoms with E-state index in [2.05, 4.69) is 0 Å². The maximum Gasteiger partial charge on any atom is 0.338 e. The number of nitro benzene ring substituents is 1. The van der Waals surface area contributed by atoms with E-state index in [4.69, 9.17) is 15.2 Å². The summed E-state index contributed by atoms with van der Waals surface area (Å²) in [4.78, 5) is 23.0. The molecule has 136 valence electrons. The summed E-state index contributed by atoms with van der Waals surface area (Å²) in [7, 11) is 0. The second-order valence-electron chi connectivity index (χ2n) is 5.57. The van der Waals surface area contributed by atoms with Gasteiger partial charge in [-0.05, 0) is 26.3 Å². The number of nitro groups is 1. The van der Waals surface area contributed by atoms with Crippen molar-refractivity contribution in [3.63, 3.8) is 0 Å². The van der Waals surface area contributed by atoms with Gasteiger partial charge in [-0.1, -0.05) is 0 Å². The summed E-state index contributed by atoms with van der Waals surface area (Å²) in [5, 5.41) is 31.1. The first kappa shape index (κ1) is 18.8. The van der Waals surface area contributed by atoms with Gasteiger partial charge in [0.15, 0.2) is 0 Å². The normalized spacial score (nSPS) is 16.8. The third-order valence-corrected chi connectivity index (χ3v) is 3.94. The van der Waals surface area contributed by atoms with Gasteiger partial charge in [0.1, 0.15) is 23.2 Å². The molecule has 0 aromatic heterocycles. The number of nitrogens with two attached hydrogens (primary N) is 1. The molecule has 0 saturated carbocycles. The first-order valence-electron chi connectivity index (χ1n) is 7.66. The molecule has 1 aliphatic heterocycles. The van der Waals surface area contributed by atoms with Crippen LogP contribution in [0.4, 0.5) is 5.69 Å². The average molecular weight is 359 g/mol. The molecule has 9 heteroatoms. The van der Waals surface area contributed by atoms with Gasteiger partial charge >= 0.3 is 5.97 Å². The quantitative estimate of drug-likeness (QED) is 0.472. The van der Waals surface area contributed by atoms with E-state index in [0.29, 0.717) is 0 Å². The smallest absolute Gasteiger partial charge is 0.338 e. The Labute approximate surface area is 149 Å². The number of non-ortho nitro benzene ring substituents is 1. The molecule has 1 heterocycles. The fourth-order valence-corrected chi connectivity index (χ4v) is 2.78. The Morgan fingerprint density at radius 3 is 2.69 bits per heavy atom. The van der Waals surface area contributed by atoms with Crippen LogP contribution in [0.25, 0.3) is 0 Å². The number of phenolic OH excluding ortho intramolecular Hbond substituents is 1. The molecule has 3 N–H and O–H groups in total. The fraction of sp³-hybridized carbons (Fsp3) is 0.294. The Bertz CT molecular complexity index is 894. The minimum Gasteiger partial charge on any atom is -0.507 e. The minimum absolute atomic E-state index is 0.00176. The van der Waals surface area contributed by atoms with Crippen molar-refractivity contribution in [3.05, 3.63) is 56.2 Å². The number of carbonyl (C=O) groups is 1. The SMILES string of the molecule is CCOC(=O)C1=C(C)OC(N)=C(C#N)C1c1cc([N+](=O)[O-])cc(C)c1O. The Morgan fingerprint density at radius 1 is 1.50 bits per heavy atom. The van der Waals surface area contributed by atoms with Crippen molar-refractivity contribution in [3.8, 4) is 11.8 Å².